The minimum absolute atomic E-state index is 0.298. The summed E-state index contributed by atoms with van der Waals surface area (Å²) < 4.78 is 12.6. The van der Waals surface area contributed by atoms with Crippen LogP contribution < -0.4 is 0 Å². The van der Waals surface area contributed by atoms with Crippen molar-refractivity contribution in [3.8, 4) is 0 Å². The lowest BCUT2D eigenvalue weighted by molar-refractivity contribution is 0.181. The van der Waals surface area contributed by atoms with Gasteiger partial charge in [-0.25, -0.2) is 0 Å². The summed E-state index contributed by atoms with van der Waals surface area (Å²) in [5.74, 6) is 0. The SMILES string of the molecule is CC(CCCCO[Si](C)(C)C(C)(C)C)O[Si](C)(C)C(C)(C)C. The van der Waals surface area contributed by atoms with Crippen molar-refractivity contribution < 1.29 is 8.85 Å². The molecule has 0 saturated carbocycles. The third-order valence-electron chi connectivity index (χ3n) is 5.58. The molecule has 0 spiro atoms. The predicted octanol–water partition coefficient (Wildman–Crippen LogP) is 6.59. The topological polar surface area (TPSA) is 18.5 Å². The standard InChI is InChI=1S/C18H42O2Si2/c1-16(20-22(10,11)18(5,6)7)14-12-13-15-19-21(8,9)17(2,3)4/h16H,12-15H2,1-11H3. The summed E-state index contributed by atoms with van der Waals surface area (Å²) >= 11 is 0. The Morgan fingerprint density at radius 3 is 1.64 bits per heavy atom. The van der Waals surface area contributed by atoms with Crippen LogP contribution >= 0.6 is 0 Å². The van der Waals surface area contributed by atoms with Crippen molar-refractivity contribution in [2.45, 2.75) is 110 Å². The number of rotatable bonds is 8. The normalized spacial score (nSPS) is 16.0. The van der Waals surface area contributed by atoms with Gasteiger partial charge in [0.05, 0.1) is 0 Å². The molecule has 0 aromatic rings. The largest absolute Gasteiger partial charge is 0.417 e. The summed E-state index contributed by atoms with van der Waals surface area (Å²) in [4.78, 5) is 0. The maximum atomic E-state index is 6.41. The van der Waals surface area contributed by atoms with Crippen molar-refractivity contribution in [3.05, 3.63) is 0 Å². The molecule has 0 saturated heterocycles. The van der Waals surface area contributed by atoms with Crippen molar-refractivity contribution in [2.24, 2.45) is 0 Å². The first-order valence-corrected chi connectivity index (χ1v) is 14.7. The maximum Gasteiger partial charge on any atom is 0.192 e. The van der Waals surface area contributed by atoms with Gasteiger partial charge in [0.1, 0.15) is 0 Å². The fraction of sp³-hybridized carbons (Fsp3) is 1.00. The van der Waals surface area contributed by atoms with Gasteiger partial charge in [-0.05, 0) is 62.5 Å². The molecule has 0 heterocycles. The van der Waals surface area contributed by atoms with Crippen LogP contribution in [-0.4, -0.2) is 29.3 Å². The van der Waals surface area contributed by atoms with Crippen LogP contribution in [0, 0.1) is 0 Å². The molecule has 0 aromatic heterocycles. The van der Waals surface area contributed by atoms with E-state index in [2.05, 4.69) is 74.7 Å². The van der Waals surface area contributed by atoms with Gasteiger partial charge in [0, 0.05) is 12.7 Å². The first kappa shape index (κ1) is 22.4. The van der Waals surface area contributed by atoms with Crippen molar-refractivity contribution in [1.82, 2.24) is 0 Å². The van der Waals surface area contributed by atoms with E-state index in [0.29, 0.717) is 16.2 Å². The zero-order valence-electron chi connectivity index (χ0n) is 17.2. The van der Waals surface area contributed by atoms with Gasteiger partial charge >= 0.3 is 0 Å². The second-order valence-electron chi connectivity index (χ2n) is 9.79. The lowest BCUT2D eigenvalue weighted by atomic mass is 10.2. The van der Waals surface area contributed by atoms with Gasteiger partial charge in [-0.3, -0.25) is 0 Å². The molecule has 0 fully saturated rings. The van der Waals surface area contributed by atoms with Gasteiger partial charge in [-0.15, -0.1) is 0 Å². The number of hydrogen-bond donors (Lipinski definition) is 0. The fourth-order valence-electron chi connectivity index (χ4n) is 1.82. The lowest BCUT2D eigenvalue weighted by Crippen LogP contribution is -2.43. The molecule has 4 heteroatoms. The Bertz CT molecular complexity index is 325. The summed E-state index contributed by atoms with van der Waals surface area (Å²) in [5.41, 5.74) is 0. The highest BCUT2D eigenvalue weighted by Crippen LogP contribution is 2.38. The zero-order valence-corrected chi connectivity index (χ0v) is 19.2. The van der Waals surface area contributed by atoms with E-state index in [1.165, 1.54) is 6.42 Å². The van der Waals surface area contributed by atoms with E-state index in [-0.39, 0.29) is 0 Å². The monoisotopic (exact) mass is 346 g/mol. The summed E-state index contributed by atoms with van der Waals surface area (Å²) in [6, 6.07) is 0. The summed E-state index contributed by atoms with van der Waals surface area (Å²) in [6.07, 6.45) is 3.86. The van der Waals surface area contributed by atoms with Crippen LogP contribution in [0.3, 0.4) is 0 Å². The van der Waals surface area contributed by atoms with Crippen molar-refractivity contribution in [2.75, 3.05) is 6.61 Å². The highest BCUT2D eigenvalue weighted by Gasteiger charge is 2.38. The van der Waals surface area contributed by atoms with Crippen LogP contribution in [0.5, 0.6) is 0 Å². The molecule has 1 unspecified atom stereocenters. The molecule has 0 rings (SSSR count). The van der Waals surface area contributed by atoms with Gasteiger partial charge in [-0.2, -0.15) is 0 Å². The van der Waals surface area contributed by atoms with E-state index < -0.39 is 16.6 Å². The first-order chi connectivity index (χ1) is 9.60. The molecule has 0 bridgehead atoms. The molecule has 0 radical (unpaired) electrons. The van der Waals surface area contributed by atoms with Crippen molar-refractivity contribution in [3.63, 3.8) is 0 Å². The van der Waals surface area contributed by atoms with E-state index in [9.17, 15) is 0 Å². The Hall–Kier alpha value is 0.354. The summed E-state index contributed by atoms with van der Waals surface area (Å²) in [5, 5.41) is 0.610. The minimum Gasteiger partial charge on any atom is -0.417 e. The van der Waals surface area contributed by atoms with Gasteiger partial charge in [0.15, 0.2) is 16.6 Å². The highest BCUT2D eigenvalue weighted by atomic mass is 28.4. The number of hydrogen-bond acceptors (Lipinski definition) is 2. The first-order valence-electron chi connectivity index (χ1n) is 8.92. The smallest absolute Gasteiger partial charge is 0.192 e. The second-order valence-corrected chi connectivity index (χ2v) is 19.4. The molecular weight excluding hydrogens is 304 g/mol. The minimum atomic E-state index is -1.62. The highest BCUT2D eigenvalue weighted by molar-refractivity contribution is 6.74. The molecule has 0 aliphatic carbocycles. The maximum absolute atomic E-state index is 6.41. The molecule has 0 amide bonds. The Kier molecular flexibility index (Phi) is 8.08. The Morgan fingerprint density at radius 2 is 1.23 bits per heavy atom. The zero-order chi connectivity index (χ0) is 17.8. The van der Waals surface area contributed by atoms with Crippen LogP contribution in [0.1, 0.15) is 67.7 Å². The average molecular weight is 347 g/mol. The molecule has 22 heavy (non-hydrogen) atoms. The molecular formula is C18H42O2Si2. The predicted molar refractivity (Wildman–Crippen MR) is 105 cm³/mol. The fourth-order valence-corrected chi connectivity index (χ4v) is 4.38. The van der Waals surface area contributed by atoms with Gasteiger partial charge in [-0.1, -0.05) is 41.5 Å². The second kappa shape index (κ2) is 7.95. The van der Waals surface area contributed by atoms with Crippen molar-refractivity contribution >= 4 is 16.6 Å². The van der Waals surface area contributed by atoms with E-state index in [1.54, 1.807) is 0 Å². The van der Waals surface area contributed by atoms with Crippen LogP contribution in [0.25, 0.3) is 0 Å². The van der Waals surface area contributed by atoms with E-state index >= 15 is 0 Å². The third kappa shape index (κ3) is 7.28. The molecule has 0 aliphatic rings. The molecule has 1 atom stereocenters. The molecule has 0 N–H and O–H groups in total. The summed E-state index contributed by atoms with van der Waals surface area (Å²) in [6.45, 7) is 26.3. The molecule has 2 nitrogen and oxygen atoms in total. The van der Waals surface area contributed by atoms with Gasteiger partial charge in [0.2, 0.25) is 0 Å². The number of unbranched alkanes of at least 4 members (excludes halogenated alkanes) is 1. The van der Waals surface area contributed by atoms with Gasteiger partial charge < -0.3 is 8.85 Å². The Morgan fingerprint density at radius 1 is 0.773 bits per heavy atom. The molecule has 0 aromatic carbocycles. The van der Waals surface area contributed by atoms with E-state index in [4.69, 9.17) is 8.85 Å². The quantitative estimate of drug-likeness (QED) is 0.364. The Labute approximate surface area is 142 Å². The lowest BCUT2D eigenvalue weighted by Gasteiger charge is -2.38. The van der Waals surface area contributed by atoms with Crippen LogP contribution in [-0.2, 0) is 8.85 Å². The van der Waals surface area contributed by atoms with Crippen LogP contribution in [0.15, 0.2) is 0 Å². The Balaban J connectivity index is 4.04. The van der Waals surface area contributed by atoms with Crippen LogP contribution in [0.2, 0.25) is 36.3 Å². The molecule has 0 aliphatic heterocycles. The van der Waals surface area contributed by atoms with E-state index in [0.717, 1.165) is 19.4 Å². The molecule has 134 valence electrons. The summed E-state index contributed by atoms with van der Waals surface area (Å²) in [7, 11) is -3.19. The van der Waals surface area contributed by atoms with E-state index in [1.807, 2.05) is 0 Å². The average Bonchev–Trinajstić information content (AvgIpc) is 2.24. The van der Waals surface area contributed by atoms with Crippen LogP contribution in [0.4, 0.5) is 0 Å². The third-order valence-corrected chi connectivity index (χ3v) is 14.7. The van der Waals surface area contributed by atoms with Crippen molar-refractivity contribution in [1.29, 1.82) is 0 Å². The van der Waals surface area contributed by atoms with Gasteiger partial charge in [0.25, 0.3) is 0 Å².